The second kappa shape index (κ2) is 8.02. The number of nitrogens with one attached hydrogen (secondary N) is 1. The zero-order valence-electron chi connectivity index (χ0n) is 16.7. The van der Waals surface area contributed by atoms with E-state index in [9.17, 15) is 14.4 Å². The van der Waals surface area contributed by atoms with Crippen molar-refractivity contribution in [2.24, 2.45) is 5.92 Å². The molecule has 0 radical (unpaired) electrons. The summed E-state index contributed by atoms with van der Waals surface area (Å²) in [6.45, 7) is 0.279. The number of benzene rings is 1. The number of amides is 2. The molecule has 1 saturated carbocycles. The standard InChI is InChI=1S/C21H26N2O6/c1-23-16-7-6-14(10-19(24)27-2)29-18(16)11-28-17-8-5-13(9-15(17)21(23)26)22-20(25)12-3-4-12/h5,8-9,12,14,16,18H,3-4,6-7,10-11H2,1-2H3,(H,22,25)/t14-,16+,18-/m0/s1. The highest BCUT2D eigenvalue weighted by atomic mass is 16.5. The number of rotatable bonds is 4. The van der Waals surface area contributed by atoms with Crippen molar-refractivity contribution in [1.82, 2.24) is 4.90 Å². The van der Waals surface area contributed by atoms with Gasteiger partial charge in [-0.15, -0.1) is 0 Å². The van der Waals surface area contributed by atoms with Crippen molar-refractivity contribution in [2.75, 3.05) is 26.1 Å². The molecule has 156 valence electrons. The molecular formula is C21H26N2O6. The molecule has 29 heavy (non-hydrogen) atoms. The Morgan fingerprint density at radius 3 is 2.76 bits per heavy atom. The molecule has 3 aliphatic rings. The van der Waals surface area contributed by atoms with Gasteiger partial charge in [-0.3, -0.25) is 14.4 Å². The summed E-state index contributed by atoms with van der Waals surface area (Å²) in [5, 5.41) is 2.88. The van der Waals surface area contributed by atoms with Gasteiger partial charge in [0, 0.05) is 18.7 Å². The Morgan fingerprint density at radius 1 is 1.24 bits per heavy atom. The second-order valence-electron chi connectivity index (χ2n) is 7.92. The summed E-state index contributed by atoms with van der Waals surface area (Å²) in [7, 11) is 3.12. The van der Waals surface area contributed by atoms with E-state index in [1.807, 2.05) is 0 Å². The van der Waals surface area contributed by atoms with E-state index in [2.05, 4.69) is 5.32 Å². The Morgan fingerprint density at radius 2 is 2.03 bits per heavy atom. The zero-order valence-corrected chi connectivity index (χ0v) is 16.7. The van der Waals surface area contributed by atoms with Crippen LogP contribution >= 0.6 is 0 Å². The quantitative estimate of drug-likeness (QED) is 0.774. The first-order valence-electron chi connectivity index (χ1n) is 10.0. The molecule has 0 bridgehead atoms. The van der Waals surface area contributed by atoms with Crippen LogP contribution in [0.2, 0.25) is 0 Å². The molecule has 0 aromatic heterocycles. The Bertz CT molecular complexity index is 821. The van der Waals surface area contributed by atoms with Crippen LogP contribution in [0.5, 0.6) is 5.75 Å². The van der Waals surface area contributed by atoms with E-state index in [1.165, 1.54) is 7.11 Å². The van der Waals surface area contributed by atoms with Crippen molar-refractivity contribution in [3.8, 4) is 5.75 Å². The Balaban J connectivity index is 1.51. The third kappa shape index (κ3) is 4.22. The van der Waals surface area contributed by atoms with Crippen LogP contribution in [0, 0.1) is 5.92 Å². The number of likely N-dealkylation sites (N-methyl/N-ethyl adjacent to an activating group) is 1. The summed E-state index contributed by atoms with van der Waals surface area (Å²) >= 11 is 0. The number of hydrogen-bond acceptors (Lipinski definition) is 6. The maximum Gasteiger partial charge on any atom is 0.308 e. The molecule has 1 aromatic carbocycles. The number of carbonyl (C=O) groups is 3. The number of fused-ring (bicyclic) bond motifs is 2. The van der Waals surface area contributed by atoms with Crippen LogP contribution in [0.4, 0.5) is 5.69 Å². The maximum absolute atomic E-state index is 13.1. The van der Waals surface area contributed by atoms with Gasteiger partial charge in [0.1, 0.15) is 18.5 Å². The molecule has 2 aliphatic heterocycles. The second-order valence-corrected chi connectivity index (χ2v) is 7.92. The number of anilines is 1. The minimum atomic E-state index is -0.324. The molecule has 2 amide bonds. The Labute approximate surface area is 169 Å². The fraction of sp³-hybridized carbons (Fsp3) is 0.571. The van der Waals surface area contributed by atoms with Gasteiger partial charge in [-0.25, -0.2) is 0 Å². The molecule has 4 rings (SSSR count). The monoisotopic (exact) mass is 402 g/mol. The summed E-state index contributed by atoms with van der Waals surface area (Å²) < 4.78 is 16.7. The third-order valence-corrected chi connectivity index (χ3v) is 5.85. The molecule has 1 aromatic rings. The van der Waals surface area contributed by atoms with Crippen LogP contribution in [0.1, 0.15) is 42.5 Å². The van der Waals surface area contributed by atoms with Gasteiger partial charge in [0.2, 0.25) is 5.91 Å². The number of methoxy groups -OCH3 is 1. The smallest absolute Gasteiger partial charge is 0.308 e. The number of hydrogen-bond donors (Lipinski definition) is 1. The number of nitrogens with zero attached hydrogens (tertiary/aromatic N) is 1. The number of esters is 1. The van der Waals surface area contributed by atoms with Gasteiger partial charge in [-0.05, 0) is 43.9 Å². The van der Waals surface area contributed by atoms with Gasteiger partial charge >= 0.3 is 5.97 Å². The maximum atomic E-state index is 13.1. The Kier molecular flexibility index (Phi) is 5.45. The first kappa shape index (κ1) is 19.7. The lowest BCUT2D eigenvalue weighted by Gasteiger charge is -2.42. The van der Waals surface area contributed by atoms with Gasteiger partial charge in [0.05, 0.1) is 31.2 Å². The predicted molar refractivity (Wildman–Crippen MR) is 104 cm³/mol. The fourth-order valence-electron chi connectivity index (χ4n) is 3.96. The lowest BCUT2D eigenvalue weighted by atomic mass is 9.94. The van der Waals surface area contributed by atoms with Crippen LogP contribution in [0.3, 0.4) is 0 Å². The van der Waals surface area contributed by atoms with E-state index < -0.39 is 0 Å². The van der Waals surface area contributed by atoms with Crippen molar-refractivity contribution < 1.29 is 28.6 Å². The van der Waals surface area contributed by atoms with Crippen LogP contribution in [-0.2, 0) is 19.1 Å². The Hall–Kier alpha value is -2.61. The zero-order chi connectivity index (χ0) is 20.5. The normalized spacial score (nSPS) is 26.3. The topological polar surface area (TPSA) is 94.2 Å². The molecule has 8 nitrogen and oxygen atoms in total. The van der Waals surface area contributed by atoms with Crippen LogP contribution < -0.4 is 10.1 Å². The summed E-state index contributed by atoms with van der Waals surface area (Å²) in [5.74, 6) is 0.0611. The molecule has 1 N–H and O–H groups in total. The number of ether oxygens (including phenoxy) is 3. The van der Waals surface area contributed by atoms with E-state index in [0.717, 1.165) is 12.8 Å². The summed E-state index contributed by atoms with van der Waals surface area (Å²) in [6.07, 6.45) is 2.84. The van der Waals surface area contributed by atoms with Gasteiger partial charge in [-0.1, -0.05) is 0 Å². The SMILES string of the molecule is COC(=O)C[C@@H]1CC[C@@H]2[C@H](COc3ccc(NC(=O)C4CC4)cc3C(=O)N2C)O1. The fourth-order valence-corrected chi connectivity index (χ4v) is 3.96. The predicted octanol–water partition coefficient (Wildman–Crippen LogP) is 1.98. The molecule has 8 heteroatoms. The van der Waals surface area contributed by atoms with E-state index in [0.29, 0.717) is 29.8 Å². The molecule has 2 fully saturated rings. The molecule has 2 heterocycles. The van der Waals surface area contributed by atoms with E-state index in [-0.39, 0.29) is 55.0 Å². The lowest BCUT2D eigenvalue weighted by molar-refractivity contribution is -0.151. The van der Waals surface area contributed by atoms with Crippen molar-refractivity contribution in [2.45, 2.75) is 50.4 Å². The van der Waals surface area contributed by atoms with Crippen molar-refractivity contribution in [1.29, 1.82) is 0 Å². The van der Waals surface area contributed by atoms with Crippen molar-refractivity contribution in [3.63, 3.8) is 0 Å². The van der Waals surface area contributed by atoms with Crippen molar-refractivity contribution in [3.05, 3.63) is 23.8 Å². The summed E-state index contributed by atoms with van der Waals surface area (Å²) in [4.78, 5) is 38.4. The molecule has 0 unspecified atom stereocenters. The summed E-state index contributed by atoms with van der Waals surface area (Å²) in [5.41, 5.74) is 1.03. The van der Waals surface area contributed by atoms with Crippen LogP contribution in [0.15, 0.2) is 18.2 Å². The van der Waals surface area contributed by atoms with Gasteiger partial charge in [-0.2, -0.15) is 0 Å². The highest BCUT2D eigenvalue weighted by molar-refractivity contribution is 6.00. The molecule has 1 aliphatic carbocycles. The molecule has 3 atom stereocenters. The van der Waals surface area contributed by atoms with E-state index in [4.69, 9.17) is 14.2 Å². The highest BCUT2D eigenvalue weighted by Crippen LogP contribution is 2.34. The van der Waals surface area contributed by atoms with Gasteiger partial charge in [0.15, 0.2) is 0 Å². The van der Waals surface area contributed by atoms with Gasteiger partial charge < -0.3 is 24.4 Å². The molecular weight excluding hydrogens is 376 g/mol. The number of carbonyl (C=O) groups excluding carboxylic acids is 3. The van der Waals surface area contributed by atoms with Crippen molar-refractivity contribution >= 4 is 23.5 Å². The lowest BCUT2D eigenvalue weighted by Crippen LogP contribution is -2.53. The van der Waals surface area contributed by atoms with Crippen LogP contribution in [-0.4, -0.2) is 61.7 Å². The molecule has 1 saturated heterocycles. The highest BCUT2D eigenvalue weighted by Gasteiger charge is 2.39. The average molecular weight is 402 g/mol. The van der Waals surface area contributed by atoms with E-state index >= 15 is 0 Å². The minimum Gasteiger partial charge on any atom is -0.490 e. The average Bonchev–Trinajstić information content (AvgIpc) is 3.56. The van der Waals surface area contributed by atoms with Gasteiger partial charge in [0.25, 0.3) is 5.91 Å². The minimum absolute atomic E-state index is 0.00471. The largest absolute Gasteiger partial charge is 0.490 e. The third-order valence-electron chi connectivity index (χ3n) is 5.85. The van der Waals surface area contributed by atoms with Crippen LogP contribution in [0.25, 0.3) is 0 Å². The first-order valence-corrected chi connectivity index (χ1v) is 10.0. The summed E-state index contributed by atoms with van der Waals surface area (Å²) in [6, 6.07) is 4.99. The first-order chi connectivity index (χ1) is 14.0. The van der Waals surface area contributed by atoms with E-state index in [1.54, 1.807) is 30.1 Å². The molecule has 0 spiro atoms.